The first-order valence-corrected chi connectivity index (χ1v) is 6.63. The van der Waals surface area contributed by atoms with Crippen LogP contribution in [0.1, 0.15) is 44.1 Å². The topological polar surface area (TPSA) is 46.5 Å². The van der Waals surface area contributed by atoms with Gasteiger partial charge in [0.2, 0.25) is 0 Å². The van der Waals surface area contributed by atoms with Crippen LogP contribution < -0.4 is 0 Å². The number of hydrogen-bond donors (Lipinski definition) is 1. The van der Waals surface area contributed by atoms with Crippen molar-refractivity contribution in [2.45, 2.75) is 44.1 Å². The molecule has 1 aromatic rings. The highest BCUT2D eigenvalue weighted by Crippen LogP contribution is 2.41. The van der Waals surface area contributed by atoms with Gasteiger partial charge in [-0.05, 0) is 31.7 Å². The molecule has 1 aromatic carbocycles. The number of carbonyl (C=O) groups is 1. The van der Waals surface area contributed by atoms with E-state index in [0.29, 0.717) is 13.0 Å². The van der Waals surface area contributed by atoms with Gasteiger partial charge in [0, 0.05) is 5.92 Å². The van der Waals surface area contributed by atoms with Crippen molar-refractivity contribution in [2.75, 3.05) is 6.61 Å². The Kier molecular flexibility index (Phi) is 4.02. The van der Waals surface area contributed by atoms with Crippen LogP contribution in [0.5, 0.6) is 0 Å². The maximum atomic E-state index is 12.0. The molecule has 2 unspecified atom stereocenters. The number of benzene rings is 1. The molecule has 98 valence electrons. The molecule has 3 heteroatoms. The van der Waals surface area contributed by atoms with Crippen LogP contribution in [0.2, 0.25) is 0 Å². The van der Waals surface area contributed by atoms with Crippen LogP contribution in [0.15, 0.2) is 30.3 Å². The zero-order valence-corrected chi connectivity index (χ0v) is 10.8. The molecule has 1 aliphatic rings. The second-order valence-corrected chi connectivity index (χ2v) is 4.85. The van der Waals surface area contributed by atoms with E-state index in [1.54, 1.807) is 6.92 Å². The lowest BCUT2D eigenvalue weighted by molar-refractivity contribution is -0.171. The molecule has 0 spiro atoms. The van der Waals surface area contributed by atoms with E-state index in [1.165, 1.54) is 0 Å². The predicted octanol–water partition coefficient (Wildman–Crippen LogP) is 2.64. The summed E-state index contributed by atoms with van der Waals surface area (Å²) in [6.07, 6.45) is 3.24. The third-order valence-corrected chi connectivity index (χ3v) is 3.71. The summed E-state index contributed by atoms with van der Waals surface area (Å²) in [5.74, 6) is -0.620. The maximum absolute atomic E-state index is 12.0. The second-order valence-electron chi connectivity index (χ2n) is 4.85. The van der Waals surface area contributed by atoms with Crippen molar-refractivity contribution in [1.82, 2.24) is 0 Å². The van der Waals surface area contributed by atoms with Crippen LogP contribution in [0.4, 0.5) is 0 Å². The van der Waals surface area contributed by atoms with Crippen LogP contribution in [-0.4, -0.2) is 23.3 Å². The number of ether oxygens (including phenoxy) is 1. The maximum Gasteiger partial charge on any atom is 0.338 e. The normalized spacial score (nSPS) is 27.8. The standard InChI is InChI=1S/C15H20O3/c1-2-18-14(16)15(17)11-7-6-10-13(15)12-8-4-3-5-9-12/h3-5,8-9,13,17H,2,6-7,10-11H2,1H3. The summed E-state index contributed by atoms with van der Waals surface area (Å²) in [4.78, 5) is 12.0. The average molecular weight is 248 g/mol. The van der Waals surface area contributed by atoms with Crippen molar-refractivity contribution in [3.8, 4) is 0 Å². The number of esters is 1. The monoisotopic (exact) mass is 248 g/mol. The van der Waals surface area contributed by atoms with E-state index in [1.807, 2.05) is 30.3 Å². The molecule has 1 fully saturated rings. The summed E-state index contributed by atoms with van der Waals surface area (Å²) in [5, 5.41) is 10.7. The van der Waals surface area contributed by atoms with Gasteiger partial charge < -0.3 is 9.84 Å². The van der Waals surface area contributed by atoms with Crippen LogP contribution in [0, 0.1) is 0 Å². The first-order valence-electron chi connectivity index (χ1n) is 6.63. The number of hydrogen-bond acceptors (Lipinski definition) is 3. The summed E-state index contributed by atoms with van der Waals surface area (Å²) < 4.78 is 5.05. The zero-order chi connectivity index (χ0) is 13.0. The van der Waals surface area contributed by atoms with Gasteiger partial charge in [-0.3, -0.25) is 0 Å². The van der Waals surface area contributed by atoms with Gasteiger partial charge in [0.1, 0.15) is 0 Å². The molecule has 1 aliphatic carbocycles. The Morgan fingerprint density at radius 3 is 2.78 bits per heavy atom. The van der Waals surface area contributed by atoms with Crippen molar-refractivity contribution in [3.63, 3.8) is 0 Å². The van der Waals surface area contributed by atoms with E-state index in [4.69, 9.17) is 4.74 Å². The van der Waals surface area contributed by atoms with Gasteiger partial charge in [-0.15, -0.1) is 0 Å². The van der Waals surface area contributed by atoms with E-state index in [9.17, 15) is 9.90 Å². The first kappa shape index (κ1) is 13.1. The molecular weight excluding hydrogens is 228 g/mol. The highest BCUT2D eigenvalue weighted by Gasteiger charge is 2.47. The molecule has 2 rings (SSSR count). The molecule has 0 bridgehead atoms. The van der Waals surface area contributed by atoms with E-state index in [2.05, 4.69) is 0 Å². The quantitative estimate of drug-likeness (QED) is 0.836. The molecule has 0 amide bonds. The Balaban J connectivity index is 2.28. The van der Waals surface area contributed by atoms with Crippen LogP contribution in [-0.2, 0) is 9.53 Å². The minimum absolute atomic E-state index is 0.147. The van der Waals surface area contributed by atoms with Gasteiger partial charge in [0.05, 0.1) is 6.61 Å². The summed E-state index contributed by atoms with van der Waals surface area (Å²) >= 11 is 0. The Bertz CT molecular complexity index is 401. The highest BCUT2D eigenvalue weighted by molar-refractivity contribution is 5.81. The van der Waals surface area contributed by atoms with Crippen molar-refractivity contribution in [2.24, 2.45) is 0 Å². The number of aliphatic hydroxyl groups is 1. The molecule has 2 atom stereocenters. The van der Waals surface area contributed by atoms with E-state index in [-0.39, 0.29) is 5.92 Å². The smallest absolute Gasteiger partial charge is 0.338 e. The second kappa shape index (κ2) is 5.53. The van der Waals surface area contributed by atoms with Crippen LogP contribution >= 0.6 is 0 Å². The first-order chi connectivity index (χ1) is 8.68. The molecule has 0 radical (unpaired) electrons. The van der Waals surface area contributed by atoms with Gasteiger partial charge in [0.25, 0.3) is 0 Å². The van der Waals surface area contributed by atoms with Crippen molar-refractivity contribution in [1.29, 1.82) is 0 Å². The minimum Gasteiger partial charge on any atom is -0.464 e. The molecule has 0 heterocycles. The predicted molar refractivity (Wildman–Crippen MR) is 69.2 cm³/mol. The Labute approximate surface area is 108 Å². The van der Waals surface area contributed by atoms with Crippen molar-refractivity contribution < 1.29 is 14.6 Å². The molecule has 0 saturated heterocycles. The Morgan fingerprint density at radius 2 is 2.11 bits per heavy atom. The molecule has 18 heavy (non-hydrogen) atoms. The highest BCUT2D eigenvalue weighted by atomic mass is 16.5. The van der Waals surface area contributed by atoms with Gasteiger partial charge in [-0.25, -0.2) is 4.79 Å². The molecule has 1 saturated carbocycles. The SMILES string of the molecule is CCOC(=O)C1(O)CCCCC1c1ccccc1. The third-order valence-electron chi connectivity index (χ3n) is 3.71. The van der Waals surface area contributed by atoms with Crippen molar-refractivity contribution >= 4 is 5.97 Å². The summed E-state index contributed by atoms with van der Waals surface area (Å²) in [5.41, 5.74) is -0.331. The fraction of sp³-hybridized carbons (Fsp3) is 0.533. The molecule has 0 aromatic heterocycles. The summed E-state index contributed by atoms with van der Waals surface area (Å²) in [7, 11) is 0. The van der Waals surface area contributed by atoms with E-state index < -0.39 is 11.6 Å². The summed E-state index contributed by atoms with van der Waals surface area (Å²) in [6, 6.07) is 9.77. The van der Waals surface area contributed by atoms with E-state index >= 15 is 0 Å². The third kappa shape index (κ3) is 2.41. The fourth-order valence-electron chi connectivity index (χ4n) is 2.78. The number of carbonyl (C=O) groups excluding carboxylic acids is 1. The lowest BCUT2D eigenvalue weighted by Crippen LogP contribution is -2.47. The van der Waals surface area contributed by atoms with Gasteiger partial charge >= 0.3 is 5.97 Å². The van der Waals surface area contributed by atoms with Gasteiger partial charge in [-0.2, -0.15) is 0 Å². The van der Waals surface area contributed by atoms with E-state index in [0.717, 1.165) is 24.8 Å². The van der Waals surface area contributed by atoms with Crippen LogP contribution in [0.3, 0.4) is 0 Å². The van der Waals surface area contributed by atoms with Gasteiger partial charge in [0.15, 0.2) is 5.60 Å². The van der Waals surface area contributed by atoms with Crippen molar-refractivity contribution in [3.05, 3.63) is 35.9 Å². The van der Waals surface area contributed by atoms with Crippen LogP contribution in [0.25, 0.3) is 0 Å². The lowest BCUT2D eigenvalue weighted by atomic mass is 9.72. The largest absolute Gasteiger partial charge is 0.464 e. The number of rotatable bonds is 3. The fourth-order valence-corrected chi connectivity index (χ4v) is 2.78. The Hall–Kier alpha value is -1.35. The molecule has 0 aliphatic heterocycles. The Morgan fingerprint density at radius 1 is 1.39 bits per heavy atom. The average Bonchev–Trinajstić information content (AvgIpc) is 2.40. The molecule has 1 N–H and O–H groups in total. The molecular formula is C15H20O3. The summed E-state index contributed by atoms with van der Waals surface area (Å²) in [6.45, 7) is 2.07. The zero-order valence-electron chi connectivity index (χ0n) is 10.8. The molecule has 3 nitrogen and oxygen atoms in total. The van der Waals surface area contributed by atoms with Gasteiger partial charge in [-0.1, -0.05) is 36.8 Å². The lowest BCUT2D eigenvalue weighted by Gasteiger charge is -2.38. The minimum atomic E-state index is -1.35.